The van der Waals surface area contributed by atoms with Crippen LogP contribution in [0.3, 0.4) is 0 Å². The number of fused-ring (bicyclic) bond motifs is 1. The molecule has 0 bridgehead atoms. The average molecular weight is 438 g/mol. The lowest BCUT2D eigenvalue weighted by atomic mass is 10.2. The summed E-state index contributed by atoms with van der Waals surface area (Å²) in [5.41, 5.74) is 3.48. The summed E-state index contributed by atoms with van der Waals surface area (Å²) in [5.74, 6) is 1.14. The summed E-state index contributed by atoms with van der Waals surface area (Å²) < 4.78 is 11.9. The molecule has 2 heterocycles. The number of nitrogens with zero attached hydrogens (tertiary/aromatic N) is 4. The van der Waals surface area contributed by atoms with Crippen LogP contribution in [-0.4, -0.2) is 35.4 Å². The molecule has 0 saturated carbocycles. The van der Waals surface area contributed by atoms with Gasteiger partial charge in [0, 0.05) is 31.6 Å². The lowest BCUT2D eigenvalue weighted by Gasteiger charge is -2.00. The number of thiazole rings is 1. The first-order chi connectivity index (χ1) is 14.7. The molecule has 152 valence electrons. The Morgan fingerprint density at radius 1 is 1.23 bits per heavy atom. The quantitative estimate of drug-likeness (QED) is 0.290. The van der Waals surface area contributed by atoms with Crippen LogP contribution in [-0.2, 0) is 10.5 Å². The van der Waals surface area contributed by atoms with Gasteiger partial charge in [0.1, 0.15) is 0 Å². The molecule has 7 nitrogen and oxygen atoms in total. The van der Waals surface area contributed by atoms with Crippen LogP contribution in [0, 0.1) is 11.3 Å². The minimum Gasteiger partial charge on any atom is -0.411 e. The molecule has 2 aromatic carbocycles. The van der Waals surface area contributed by atoms with E-state index in [-0.39, 0.29) is 0 Å². The molecule has 0 aliphatic carbocycles. The van der Waals surface area contributed by atoms with E-state index < -0.39 is 0 Å². The van der Waals surface area contributed by atoms with Gasteiger partial charge in [0.25, 0.3) is 5.22 Å². The van der Waals surface area contributed by atoms with Crippen molar-refractivity contribution in [3.63, 3.8) is 0 Å². The SMILES string of the molecule is COCCCNc1nc2ccc(-c3nnc(SCc4cccc(C#N)c4)o3)cc2s1. The summed E-state index contributed by atoms with van der Waals surface area (Å²) in [6.45, 7) is 1.55. The van der Waals surface area contributed by atoms with Gasteiger partial charge in [-0.05, 0) is 42.3 Å². The molecular weight excluding hydrogens is 418 g/mol. The number of ether oxygens (including phenoxy) is 1. The van der Waals surface area contributed by atoms with Gasteiger partial charge in [0.2, 0.25) is 5.89 Å². The molecule has 0 saturated heterocycles. The van der Waals surface area contributed by atoms with Gasteiger partial charge in [-0.1, -0.05) is 35.2 Å². The van der Waals surface area contributed by atoms with E-state index in [0.717, 1.165) is 46.0 Å². The third-order valence-electron chi connectivity index (χ3n) is 4.26. The number of nitriles is 1. The first kappa shape index (κ1) is 20.3. The Morgan fingerprint density at radius 2 is 2.17 bits per heavy atom. The average Bonchev–Trinajstić information content (AvgIpc) is 3.41. The van der Waals surface area contributed by atoms with E-state index in [4.69, 9.17) is 14.4 Å². The Morgan fingerprint density at radius 3 is 3.03 bits per heavy atom. The van der Waals surface area contributed by atoms with Crippen molar-refractivity contribution in [1.82, 2.24) is 15.2 Å². The summed E-state index contributed by atoms with van der Waals surface area (Å²) >= 11 is 3.05. The Hall–Kier alpha value is -2.93. The molecule has 0 spiro atoms. The fraction of sp³-hybridized carbons (Fsp3) is 0.238. The first-order valence-electron chi connectivity index (χ1n) is 9.34. The topological polar surface area (TPSA) is 96.9 Å². The molecule has 0 fully saturated rings. The molecule has 0 aliphatic heterocycles. The largest absolute Gasteiger partial charge is 0.411 e. The van der Waals surface area contributed by atoms with Gasteiger partial charge in [0.05, 0.1) is 21.8 Å². The van der Waals surface area contributed by atoms with Crippen molar-refractivity contribution >= 4 is 38.4 Å². The number of benzene rings is 2. The first-order valence-corrected chi connectivity index (χ1v) is 11.1. The van der Waals surface area contributed by atoms with Gasteiger partial charge < -0.3 is 14.5 Å². The molecule has 9 heteroatoms. The third kappa shape index (κ3) is 4.97. The lowest BCUT2D eigenvalue weighted by molar-refractivity contribution is 0.198. The van der Waals surface area contributed by atoms with Crippen LogP contribution >= 0.6 is 23.1 Å². The van der Waals surface area contributed by atoms with Crippen molar-refractivity contribution < 1.29 is 9.15 Å². The number of rotatable bonds is 9. The van der Waals surface area contributed by atoms with Crippen LogP contribution in [0.1, 0.15) is 17.5 Å². The number of methoxy groups -OCH3 is 1. The number of hydrogen-bond donors (Lipinski definition) is 1. The molecule has 0 atom stereocenters. The highest BCUT2D eigenvalue weighted by Gasteiger charge is 2.12. The Labute approximate surface area is 182 Å². The minimum atomic E-state index is 0.480. The predicted molar refractivity (Wildman–Crippen MR) is 119 cm³/mol. The zero-order chi connectivity index (χ0) is 20.8. The second kappa shape index (κ2) is 9.71. The highest BCUT2D eigenvalue weighted by atomic mass is 32.2. The number of anilines is 1. The van der Waals surface area contributed by atoms with Crippen LogP contribution < -0.4 is 5.32 Å². The monoisotopic (exact) mass is 437 g/mol. The van der Waals surface area contributed by atoms with Crippen LogP contribution in [0.5, 0.6) is 0 Å². The smallest absolute Gasteiger partial charge is 0.277 e. The zero-order valence-corrected chi connectivity index (χ0v) is 17.9. The van der Waals surface area contributed by atoms with Gasteiger partial charge in [-0.25, -0.2) is 4.98 Å². The normalized spacial score (nSPS) is 10.9. The van der Waals surface area contributed by atoms with Crippen LogP contribution in [0.15, 0.2) is 52.1 Å². The van der Waals surface area contributed by atoms with Crippen molar-refractivity contribution in [3.8, 4) is 17.5 Å². The summed E-state index contributed by atoms with van der Waals surface area (Å²) in [6.07, 6.45) is 0.931. The van der Waals surface area contributed by atoms with E-state index in [2.05, 4.69) is 26.6 Å². The van der Waals surface area contributed by atoms with E-state index in [1.54, 1.807) is 24.5 Å². The van der Waals surface area contributed by atoms with Gasteiger partial charge in [-0.15, -0.1) is 10.2 Å². The maximum atomic E-state index is 9.01. The van der Waals surface area contributed by atoms with Crippen LogP contribution in [0.2, 0.25) is 0 Å². The molecule has 1 N–H and O–H groups in total. The molecule has 4 rings (SSSR count). The minimum absolute atomic E-state index is 0.480. The fourth-order valence-electron chi connectivity index (χ4n) is 2.81. The van der Waals surface area contributed by atoms with Crippen LogP contribution in [0.25, 0.3) is 21.7 Å². The van der Waals surface area contributed by atoms with Gasteiger partial charge in [0.15, 0.2) is 5.13 Å². The van der Waals surface area contributed by atoms with Gasteiger partial charge in [-0.2, -0.15) is 5.26 Å². The highest BCUT2D eigenvalue weighted by molar-refractivity contribution is 7.98. The van der Waals surface area contributed by atoms with Crippen molar-refractivity contribution in [2.75, 3.05) is 25.6 Å². The number of nitrogens with one attached hydrogen (secondary N) is 1. The molecule has 0 aliphatic rings. The molecule has 2 aromatic heterocycles. The van der Waals surface area contributed by atoms with Crippen molar-refractivity contribution in [1.29, 1.82) is 5.26 Å². The lowest BCUT2D eigenvalue weighted by Crippen LogP contribution is -2.03. The maximum Gasteiger partial charge on any atom is 0.277 e. The van der Waals surface area contributed by atoms with Crippen molar-refractivity contribution in [2.45, 2.75) is 17.4 Å². The second-order valence-electron chi connectivity index (χ2n) is 6.45. The fourth-order valence-corrected chi connectivity index (χ4v) is 4.44. The Kier molecular flexibility index (Phi) is 6.59. The van der Waals surface area contributed by atoms with E-state index >= 15 is 0 Å². The maximum absolute atomic E-state index is 9.01. The van der Waals surface area contributed by atoms with Gasteiger partial charge >= 0.3 is 0 Å². The molecular formula is C21H19N5O2S2. The van der Waals surface area contributed by atoms with E-state index in [9.17, 15) is 0 Å². The zero-order valence-electron chi connectivity index (χ0n) is 16.3. The molecule has 0 radical (unpaired) electrons. The Bertz CT molecular complexity index is 1180. The van der Waals surface area contributed by atoms with E-state index in [0.29, 0.717) is 22.4 Å². The van der Waals surface area contributed by atoms with E-state index in [1.165, 1.54) is 11.8 Å². The van der Waals surface area contributed by atoms with Crippen molar-refractivity contribution in [3.05, 3.63) is 53.6 Å². The number of thioether (sulfide) groups is 1. The summed E-state index contributed by atoms with van der Waals surface area (Å²) in [6, 6.07) is 15.6. The molecule has 0 amide bonds. The van der Waals surface area contributed by atoms with E-state index in [1.807, 2.05) is 36.4 Å². The van der Waals surface area contributed by atoms with Crippen molar-refractivity contribution in [2.24, 2.45) is 0 Å². The molecule has 4 aromatic rings. The number of aromatic nitrogens is 3. The van der Waals surface area contributed by atoms with Gasteiger partial charge in [-0.3, -0.25) is 0 Å². The third-order valence-corrected chi connectivity index (χ3v) is 6.13. The molecule has 0 unspecified atom stereocenters. The second-order valence-corrected chi connectivity index (χ2v) is 8.41. The predicted octanol–water partition coefficient (Wildman–Crippen LogP) is 4.96. The molecule has 30 heavy (non-hydrogen) atoms. The van der Waals surface area contributed by atoms with Crippen LogP contribution in [0.4, 0.5) is 5.13 Å². The number of hydrogen-bond acceptors (Lipinski definition) is 9. The highest BCUT2D eigenvalue weighted by Crippen LogP contribution is 2.31. The summed E-state index contributed by atoms with van der Waals surface area (Å²) in [4.78, 5) is 4.60. The summed E-state index contributed by atoms with van der Waals surface area (Å²) in [7, 11) is 1.70. The standard InChI is InChI=1S/C21H19N5O2S2/c1-27-9-3-8-23-20-24-17-7-6-16(11-18(17)30-20)19-25-26-21(28-19)29-13-15-5-2-4-14(10-15)12-22/h2,4-7,10-11H,3,8-9,13H2,1H3,(H,23,24). The Balaban J connectivity index is 1.42. The summed E-state index contributed by atoms with van der Waals surface area (Å²) in [5, 5.41) is 22.0.